The van der Waals surface area contributed by atoms with Gasteiger partial charge >= 0.3 is 6.18 Å². The minimum absolute atomic E-state index is 0.0630. The molecule has 0 saturated carbocycles. The van der Waals surface area contributed by atoms with Gasteiger partial charge in [-0.2, -0.15) is 13.2 Å². The van der Waals surface area contributed by atoms with Gasteiger partial charge in [0.25, 0.3) is 0 Å². The quantitative estimate of drug-likeness (QED) is 0.848. The Morgan fingerprint density at radius 2 is 2.11 bits per heavy atom. The van der Waals surface area contributed by atoms with Crippen LogP contribution >= 0.6 is 22.9 Å². The molecule has 2 aromatic rings. The van der Waals surface area contributed by atoms with Gasteiger partial charge in [-0.3, -0.25) is 4.99 Å². The van der Waals surface area contributed by atoms with Crippen LogP contribution in [0.4, 0.5) is 13.2 Å². The van der Waals surface area contributed by atoms with E-state index in [9.17, 15) is 13.2 Å². The summed E-state index contributed by atoms with van der Waals surface area (Å²) in [6.07, 6.45) is -4.41. The Balaban J connectivity index is 2.27. The third-order valence-electron chi connectivity index (χ3n) is 2.85. The van der Waals surface area contributed by atoms with Crippen LogP contribution in [0, 0.1) is 0 Å². The van der Waals surface area contributed by atoms with Crippen molar-refractivity contribution in [3.05, 3.63) is 33.7 Å². The Labute approximate surface area is 115 Å². The third-order valence-corrected chi connectivity index (χ3v) is 4.50. The van der Waals surface area contributed by atoms with Gasteiger partial charge in [-0.1, -0.05) is 17.7 Å². The zero-order valence-corrected chi connectivity index (χ0v) is 11.1. The molecule has 0 fully saturated rings. The molecule has 0 radical (unpaired) electrons. The van der Waals surface area contributed by atoms with E-state index in [0.717, 1.165) is 6.07 Å². The third kappa shape index (κ3) is 2.08. The summed E-state index contributed by atoms with van der Waals surface area (Å²) in [5.41, 5.74) is -0.698. The number of hydrogen-bond donors (Lipinski definition) is 1. The van der Waals surface area contributed by atoms with E-state index >= 15 is 0 Å². The second-order valence-corrected chi connectivity index (χ2v) is 5.51. The number of nitrogens with zero attached hydrogens (tertiary/aromatic N) is 1. The second-order valence-electron chi connectivity index (χ2n) is 4.08. The molecule has 1 aliphatic heterocycles. The number of benzene rings is 1. The average molecular weight is 305 g/mol. The Kier molecular flexibility index (Phi) is 2.94. The lowest BCUT2D eigenvalue weighted by Crippen LogP contribution is -2.18. The van der Waals surface area contributed by atoms with Crippen molar-refractivity contribution in [3.63, 3.8) is 0 Å². The first-order valence-electron chi connectivity index (χ1n) is 5.55. The summed E-state index contributed by atoms with van der Waals surface area (Å²) in [5.74, 6) is 0.583. The van der Waals surface area contributed by atoms with Crippen LogP contribution < -0.4 is 5.32 Å². The number of hydrogen-bond acceptors (Lipinski definition) is 3. The molecule has 100 valence electrons. The Hall–Kier alpha value is -1.27. The lowest BCUT2D eigenvalue weighted by atomic mass is 10.1. The SMILES string of the molecule is FC(F)(F)c1cccc2sc(C3=NCCN3)c(Cl)c12. The van der Waals surface area contributed by atoms with Crippen molar-refractivity contribution >= 4 is 38.9 Å². The van der Waals surface area contributed by atoms with Gasteiger partial charge in [-0.25, -0.2) is 0 Å². The molecular weight excluding hydrogens is 297 g/mol. The van der Waals surface area contributed by atoms with Gasteiger partial charge in [0, 0.05) is 16.6 Å². The van der Waals surface area contributed by atoms with Gasteiger partial charge in [-0.05, 0) is 12.1 Å². The van der Waals surface area contributed by atoms with Crippen LogP contribution in [0.15, 0.2) is 23.2 Å². The highest BCUT2D eigenvalue weighted by atomic mass is 35.5. The molecule has 1 N–H and O–H groups in total. The zero-order chi connectivity index (χ0) is 13.6. The van der Waals surface area contributed by atoms with E-state index in [1.54, 1.807) is 6.07 Å². The number of alkyl halides is 3. The first kappa shape index (κ1) is 12.7. The molecular formula is C12H8ClF3N2S. The van der Waals surface area contributed by atoms with Crippen LogP contribution in [-0.2, 0) is 6.18 Å². The molecule has 0 saturated heterocycles. The molecule has 0 amide bonds. The average Bonchev–Trinajstić information content (AvgIpc) is 2.96. The van der Waals surface area contributed by atoms with Crippen molar-refractivity contribution in [1.82, 2.24) is 5.32 Å². The molecule has 0 atom stereocenters. The van der Waals surface area contributed by atoms with Crippen LogP contribution in [0.3, 0.4) is 0 Å². The van der Waals surface area contributed by atoms with Crippen LogP contribution in [-0.4, -0.2) is 18.9 Å². The molecule has 2 nitrogen and oxygen atoms in total. The van der Waals surface area contributed by atoms with Crippen LogP contribution in [0.2, 0.25) is 5.02 Å². The Bertz CT molecular complexity index is 675. The van der Waals surface area contributed by atoms with Crippen molar-refractivity contribution < 1.29 is 13.2 Å². The number of aliphatic imine (C=N–C) groups is 1. The number of rotatable bonds is 1. The molecule has 1 aromatic carbocycles. The molecule has 19 heavy (non-hydrogen) atoms. The fraction of sp³-hybridized carbons (Fsp3) is 0.250. The van der Waals surface area contributed by atoms with Crippen molar-refractivity contribution in [2.24, 2.45) is 4.99 Å². The van der Waals surface area contributed by atoms with E-state index < -0.39 is 11.7 Å². The topological polar surface area (TPSA) is 24.4 Å². The van der Waals surface area contributed by atoms with Gasteiger partial charge in [0.15, 0.2) is 0 Å². The highest BCUT2D eigenvalue weighted by Gasteiger charge is 2.34. The van der Waals surface area contributed by atoms with Crippen molar-refractivity contribution in [3.8, 4) is 0 Å². The molecule has 0 unspecified atom stereocenters. The number of amidine groups is 1. The van der Waals surface area contributed by atoms with Gasteiger partial charge in [-0.15, -0.1) is 11.3 Å². The monoisotopic (exact) mass is 304 g/mol. The van der Waals surface area contributed by atoms with Crippen molar-refractivity contribution in [1.29, 1.82) is 0 Å². The minimum atomic E-state index is -4.41. The fourth-order valence-corrected chi connectivity index (χ4v) is 3.62. The summed E-state index contributed by atoms with van der Waals surface area (Å²) in [7, 11) is 0. The number of nitrogens with one attached hydrogen (secondary N) is 1. The summed E-state index contributed by atoms with van der Waals surface area (Å²) in [5, 5.41) is 3.22. The van der Waals surface area contributed by atoms with E-state index in [4.69, 9.17) is 11.6 Å². The standard InChI is InChI=1S/C12H8ClF3N2S/c13-9-8-6(12(14,15)16)2-1-3-7(8)19-10(9)11-17-4-5-18-11/h1-3H,4-5H2,(H,17,18). The molecule has 1 aliphatic rings. The van der Waals surface area contributed by atoms with Crippen molar-refractivity contribution in [2.75, 3.05) is 13.1 Å². The van der Waals surface area contributed by atoms with Crippen LogP contribution in [0.5, 0.6) is 0 Å². The molecule has 0 aliphatic carbocycles. The maximum atomic E-state index is 13.0. The maximum Gasteiger partial charge on any atom is 0.417 e. The summed E-state index contributed by atoms with van der Waals surface area (Å²) < 4.78 is 39.5. The molecule has 3 rings (SSSR count). The highest BCUT2D eigenvalue weighted by Crippen LogP contribution is 2.43. The summed E-state index contributed by atoms with van der Waals surface area (Å²) in [4.78, 5) is 4.78. The zero-order valence-electron chi connectivity index (χ0n) is 9.51. The van der Waals surface area contributed by atoms with E-state index in [-0.39, 0.29) is 10.4 Å². The number of fused-ring (bicyclic) bond motifs is 1. The predicted octanol–water partition coefficient (Wildman–Crippen LogP) is 3.92. The lowest BCUT2D eigenvalue weighted by Gasteiger charge is -2.08. The Morgan fingerprint density at radius 3 is 2.74 bits per heavy atom. The molecule has 1 aromatic heterocycles. The van der Waals surface area contributed by atoms with Crippen molar-refractivity contribution in [2.45, 2.75) is 6.18 Å². The van der Waals surface area contributed by atoms with Crippen LogP contribution in [0.1, 0.15) is 10.4 Å². The summed E-state index contributed by atoms with van der Waals surface area (Å²) in [6, 6.07) is 4.08. The second kappa shape index (κ2) is 4.38. The normalized spacial score (nSPS) is 15.7. The maximum absolute atomic E-state index is 13.0. The van der Waals surface area contributed by atoms with Gasteiger partial charge in [0.1, 0.15) is 5.84 Å². The largest absolute Gasteiger partial charge is 0.417 e. The summed E-state index contributed by atoms with van der Waals surface area (Å²) in [6.45, 7) is 1.30. The number of halogens is 4. The van der Waals surface area contributed by atoms with E-state index in [1.165, 1.54) is 17.4 Å². The molecule has 0 spiro atoms. The van der Waals surface area contributed by atoms with E-state index in [1.807, 2.05) is 0 Å². The lowest BCUT2D eigenvalue weighted by molar-refractivity contribution is -0.136. The highest BCUT2D eigenvalue weighted by molar-refractivity contribution is 7.21. The van der Waals surface area contributed by atoms with Gasteiger partial charge < -0.3 is 5.32 Å². The predicted molar refractivity (Wildman–Crippen MR) is 71.2 cm³/mol. The number of thiophene rings is 1. The molecule has 2 heterocycles. The first-order valence-corrected chi connectivity index (χ1v) is 6.75. The summed E-state index contributed by atoms with van der Waals surface area (Å²) >= 11 is 7.36. The van der Waals surface area contributed by atoms with Gasteiger partial charge in [0.2, 0.25) is 0 Å². The minimum Gasteiger partial charge on any atom is -0.367 e. The van der Waals surface area contributed by atoms with E-state index in [0.29, 0.717) is 28.5 Å². The van der Waals surface area contributed by atoms with E-state index in [2.05, 4.69) is 10.3 Å². The first-order chi connectivity index (χ1) is 8.98. The smallest absolute Gasteiger partial charge is 0.367 e. The fourth-order valence-electron chi connectivity index (χ4n) is 2.05. The van der Waals surface area contributed by atoms with Crippen LogP contribution in [0.25, 0.3) is 10.1 Å². The molecule has 0 bridgehead atoms. The molecule has 7 heteroatoms. The van der Waals surface area contributed by atoms with Gasteiger partial charge in [0.05, 0.1) is 22.0 Å². The Morgan fingerprint density at radius 1 is 1.32 bits per heavy atom.